The Morgan fingerprint density at radius 3 is 2.39 bits per heavy atom. The average Bonchev–Trinajstić information content (AvgIpc) is 3.22. The van der Waals surface area contributed by atoms with E-state index in [2.05, 4.69) is 0 Å². The quantitative estimate of drug-likeness (QED) is 0.395. The first-order valence-corrected chi connectivity index (χ1v) is 9.66. The molecule has 0 heterocycles. The van der Waals surface area contributed by atoms with E-state index in [-0.39, 0.29) is 12.1 Å². The van der Waals surface area contributed by atoms with Crippen LogP contribution in [-0.4, -0.2) is 32.4 Å². The second kappa shape index (κ2) is 9.88. The van der Waals surface area contributed by atoms with Crippen LogP contribution < -0.4 is 19.9 Å². The van der Waals surface area contributed by atoms with E-state index in [9.17, 15) is 4.79 Å². The number of ether oxygens (including phenoxy) is 4. The molecule has 0 unspecified atom stereocenters. The predicted octanol–water partition coefficient (Wildman–Crippen LogP) is 4.22. The molecule has 3 rings (SSSR count). The molecule has 0 spiro atoms. The molecule has 0 bridgehead atoms. The van der Waals surface area contributed by atoms with Crippen molar-refractivity contribution in [3.8, 4) is 17.2 Å². The molecule has 28 heavy (non-hydrogen) atoms. The van der Waals surface area contributed by atoms with E-state index in [1.807, 2.05) is 24.3 Å². The van der Waals surface area contributed by atoms with Gasteiger partial charge in [-0.2, -0.15) is 0 Å². The summed E-state index contributed by atoms with van der Waals surface area (Å²) in [5.41, 5.74) is 6.92. The molecule has 0 saturated heterocycles. The summed E-state index contributed by atoms with van der Waals surface area (Å²) in [4.78, 5) is 12.3. The molecule has 0 atom stereocenters. The molecule has 6 nitrogen and oxygen atoms in total. The van der Waals surface area contributed by atoms with Crippen molar-refractivity contribution in [3.63, 3.8) is 0 Å². The lowest BCUT2D eigenvalue weighted by Crippen LogP contribution is -2.15. The summed E-state index contributed by atoms with van der Waals surface area (Å²) in [5.74, 6) is 1.74. The molecule has 1 fully saturated rings. The fourth-order valence-electron chi connectivity index (χ4n) is 3.11. The molecule has 1 saturated carbocycles. The zero-order chi connectivity index (χ0) is 19.8. The number of nitrogens with two attached hydrogens (primary N) is 1. The molecule has 2 N–H and O–H groups in total. The van der Waals surface area contributed by atoms with Crippen LogP contribution in [0.3, 0.4) is 0 Å². The van der Waals surface area contributed by atoms with Gasteiger partial charge in [-0.25, -0.2) is 4.79 Å². The third kappa shape index (κ3) is 5.55. The number of carbonyl (C=O) groups is 1. The Kier molecular flexibility index (Phi) is 7.00. The first-order valence-electron chi connectivity index (χ1n) is 9.66. The number of hydrogen-bond donors (Lipinski definition) is 1. The Hall–Kier alpha value is -2.89. The van der Waals surface area contributed by atoms with E-state index in [0.717, 1.165) is 37.2 Å². The van der Waals surface area contributed by atoms with Crippen molar-refractivity contribution in [2.75, 3.05) is 26.1 Å². The van der Waals surface area contributed by atoms with E-state index in [0.29, 0.717) is 36.6 Å². The fourth-order valence-corrected chi connectivity index (χ4v) is 3.11. The van der Waals surface area contributed by atoms with Gasteiger partial charge in [-0.1, -0.05) is 0 Å². The van der Waals surface area contributed by atoms with Crippen LogP contribution in [0.2, 0.25) is 0 Å². The van der Waals surface area contributed by atoms with Crippen molar-refractivity contribution < 1.29 is 23.7 Å². The molecule has 1 aliphatic rings. The normalized spacial score (nSPS) is 13.9. The fraction of sp³-hybridized carbons (Fsp3) is 0.409. The van der Waals surface area contributed by atoms with Gasteiger partial charge in [-0.05, 0) is 68.1 Å². The molecule has 1 aliphatic carbocycles. The summed E-state index contributed by atoms with van der Waals surface area (Å²) < 4.78 is 22.1. The molecule has 0 radical (unpaired) electrons. The zero-order valence-electron chi connectivity index (χ0n) is 16.2. The minimum absolute atomic E-state index is 0.0320. The first kappa shape index (κ1) is 19.9. The molecular formula is C22H27NO5. The van der Waals surface area contributed by atoms with Crippen LogP contribution in [0.4, 0.5) is 5.69 Å². The zero-order valence-corrected chi connectivity index (χ0v) is 16.2. The number of esters is 1. The van der Waals surface area contributed by atoms with Crippen LogP contribution in [-0.2, 0) is 4.74 Å². The van der Waals surface area contributed by atoms with E-state index < -0.39 is 0 Å². The second-order valence-electron chi connectivity index (χ2n) is 6.79. The Labute approximate surface area is 165 Å². The van der Waals surface area contributed by atoms with E-state index in [1.54, 1.807) is 25.3 Å². The highest BCUT2D eigenvalue weighted by Gasteiger charge is 2.20. The lowest BCUT2D eigenvalue weighted by Gasteiger charge is -2.13. The monoisotopic (exact) mass is 385 g/mol. The SMILES string of the molecule is COc1ccc(OCCCOc2cc(C(=O)OC3CCCC3)ccc2N)cc1. The number of carbonyl (C=O) groups excluding carboxylic acids is 1. The van der Waals surface area contributed by atoms with Gasteiger partial charge in [0.05, 0.1) is 31.6 Å². The third-order valence-electron chi connectivity index (χ3n) is 4.70. The van der Waals surface area contributed by atoms with Gasteiger partial charge in [0.25, 0.3) is 0 Å². The number of nitrogen functional groups attached to an aromatic ring is 1. The minimum atomic E-state index is -0.320. The number of methoxy groups -OCH3 is 1. The van der Waals surface area contributed by atoms with E-state index >= 15 is 0 Å². The topological polar surface area (TPSA) is 80.0 Å². The standard InChI is InChI=1S/C22H27NO5/c1-25-17-8-10-18(11-9-17)26-13-4-14-27-21-15-16(7-12-20(21)23)22(24)28-19-5-2-3-6-19/h7-12,15,19H,2-6,13-14,23H2,1H3. The summed E-state index contributed by atoms with van der Waals surface area (Å²) in [6, 6.07) is 12.4. The van der Waals surface area contributed by atoms with Crippen LogP contribution in [0.25, 0.3) is 0 Å². The molecule has 6 heteroatoms. The highest BCUT2D eigenvalue weighted by atomic mass is 16.5. The molecule has 150 valence electrons. The lowest BCUT2D eigenvalue weighted by atomic mass is 10.2. The molecular weight excluding hydrogens is 358 g/mol. The third-order valence-corrected chi connectivity index (χ3v) is 4.70. The van der Waals surface area contributed by atoms with E-state index in [4.69, 9.17) is 24.7 Å². The summed E-state index contributed by atoms with van der Waals surface area (Å²) in [6.45, 7) is 0.942. The average molecular weight is 385 g/mol. The van der Waals surface area contributed by atoms with E-state index in [1.165, 1.54) is 0 Å². The Balaban J connectivity index is 1.44. The van der Waals surface area contributed by atoms with Crippen LogP contribution in [0.15, 0.2) is 42.5 Å². The smallest absolute Gasteiger partial charge is 0.338 e. The van der Waals surface area contributed by atoms with Gasteiger partial charge in [-0.15, -0.1) is 0 Å². The van der Waals surface area contributed by atoms with Gasteiger partial charge >= 0.3 is 5.97 Å². The Morgan fingerprint density at radius 2 is 1.68 bits per heavy atom. The second-order valence-corrected chi connectivity index (χ2v) is 6.79. The van der Waals surface area contributed by atoms with Crippen molar-refractivity contribution in [1.29, 1.82) is 0 Å². The largest absolute Gasteiger partial charge is 0.497 e. The maximum Gasteiger partial charge on any atom is 0.338 e. The molecule has 2 aromatic rings. The molecule has 0 aliphatic heterocycles. The van der Waals surface area contributed by atoms with Gasteiger partial charge in [0.2, 0.25) is 0 Å². The highest BCUT2D eigenvalue weighted by molar-refractivity contribution is 5.90. The Morgan fingerprint density at radius 1 is 1.00 bits per heavy atom. The maximum atomic E-state index is 12.3. The molecule has 0 amide bonds. The first-order chi connectivity index (χ1) is 13.7. The maximum absolute atomic E-state index is 12.3. The van der Waals surface area contributed by atoms with Crippen molar-refractivity contribution in [3.05, 3.63) is 48.0 Å². The van der Waals surface area contributed by atoms with Crippen molar-refractivity contribution in [2.24, 2.45) is 0 Å². The van der Waals surface area contributed by atoms with Crippen LogP contribution in [0.5, 0.6) is 17.2 Å². The van der Waals surface area contributed by atoms with Crippen molar-refractivity contribution in [2.45, 2.75) is 38.2 Å². The van der Waals surface area contributed by atoms with Gasteiger partial charge < -0.3 is 24.7 Å². The van der Waals surface area contributed by atoms with Crippen molar-refractivity contribution >= 4 is 11.7 Å². The van der Waals surface area contributed by atoms with Crippen molar-refractivity contribution in [1.82, 2.24) is 0 Å². The van der Waals surface area contributed by atoms with Crippen LogP contribution >= 0.6 is 0 Å². The summed E-state index contributed by atoms with van der Waals surface area (Å²) in [6.07, 6.45) is 4.84. The van der Waals surface area contributed by atoms with Gasteiger partial charge in [0.15, 0.2) is 0 Å². The predicted molar refractivity (Wildman–Crippen MR) is 107 cm³/mol. The lowest BCUT2D eigenvalue weighted by molar-refractivity contribution is 0.0317. The van der Waals surface area contributed by atoms with Gasteiger partial charge in [-0.3, -0.25) is 0 Å². The summed E-state index contributed by atoms with van der Waals surface area (Å²) in [5, 5.41) is 0. The number of rotatable bonds is 9. The van der Waals surface area contributed by atoms with Crippen LogP contribution in [0.1, 0.15) is 42.5 Å². The molecule has 0 aromatic heterocycles. The number of benzene rings is 2. The summed E-state index contributed by atoms with van der Waals surface area (Å²) in [7, 11) is 1.63. The number of hydrogen-bond acceptors (Lipinski definition) is 6. The van der Waals surface area contributed by atoms with Gasteiger partial charge in [0.1, 0.15) is 23.4 Å². The molecule has 2 aromatic carbocycles. The Bertz CT molecular complexity index is 769. The minimum Gasteiger partial charge on any atom is -0.497 e. The number of anilines is 1. The van der Waals surface area contributed by atoms with Gasteiger partial charge in [0, 0.05) is 6.42 Å². The highest BCUT2D eigenvalue weighted by Crippen LogP contribution is 2.26. The van der Waals surface area contributed by atoms with Crippen LogP contribution in [0, 0.1) is 0 Å². The summed E-state index contributed by atoms with van der Waals surface area (Å²) >= 11 is 0.